The van der Waals surface area contributed by atoms with E-state index in [0.29, 0.717) is 5.92 Å². The summed E-state index contributed by atoms with van der Waals surface area (Å²) in [5, 5.41) is 2.87. The molecule has 122 valence electrons. The third-order valence-corrected chi connectivity index (χ3v) is 5.00. The van der Waals surface area contributed by atoms with Crippen LogP contribution in [0.3, 0.4) is 0 Å². The number of hydrogen-bond acceptors (Lipinski definition) is 3. The van der Waals surface area contributed by atoms with Gasteiger partial charge >= 0.3 is 0 Å². The van der Waals surface area contributed by atoms with E-state index in [-0.39, 0.29) is 11.2 Å². The predicted molar refractivity (Wildman–Crippen MR) is 100.0 cm³/mol. The summed E-state index contributed by atoms with van der Waals surface area (Å²) in [5.41, 5.74) is 8.62. The first-order chi connectivity index (χ1) is 11.0. The number of nitrogen functional groups attached to an aromatic ring is 1. The van der Waals surface area contributed by atoms with Crippen molar-refractivity contribution in [3.63, 3.8) is 0 Å². The Morgan fingerprint density at radius 1 is 1.17 bits per heavy atom. The Morgan fingerprint density at radius 3 is 2.43 bits per heavy atom. The van der Waals surface area contributed by atoms with Crippen LogP contribution in [0.1, 0.15) is 38.7 Å². The van der Waals surface area contributed by atoms with Crippen molar-refractivity contribution in [1.82, 2.24) is 0 Å². The van der Waals surface area contributed by atoms with Crippen molar-refractivity contribution in [2.24, 2.45) is 0 Å². The van der Waals surface area contributed by atoms with Gasteiger partial charge in [0.15, 0.2) is 0 Å². The van der Waals surface area contributed by atoms with E-state index < -0.39 is 0 Å². The molecule has 1 amide bonds. The van der Waals surface area contributed by atoms with Crippen molar-refractivity contribution in [2.75, 3.05) is 11.1 Å². The summed E-state index contributed by atoms with van der Waals surface area (Å²) in [4.78, 5) is 13.5. The van der Waals surface area contributed by atoms with Gasteiger partial charge in [-0.05, 0) is 48.2 Å². The summed E-state index contributed by atoms with van der Waals surface area (Å²) in [6.07, 6.45) is 0.759. The normalized spacial score (nSPS) is 12.2. The predicted octanol–water partition coefficient (Wildman–Crippen LogP) is 4.90. The van der Waals surface area contributed by atoms with E-state index in [2.05, 4.69) is 31.3 Å². The molecule has 0 aliphatic carbocycles. The minimum Gasteiger partial charge on any atom is -0.399 e. The fourth-order valence-corrected chi connectivity index (χ4v) is 3.27. The second-order valence-electron chi connectivity index (χ2n) is 5.85. The fourth-order valence-electron chi connectivity index (χ4n) is 2.25. The molecule has 0 fully saturated rings. The lowest BCUT2D eigenvalue weighted by Gasteiger charge is -2.15. The van der Waals surface area contributed by atoms with Crippen LogP contribution in [0.5, 0.6) is 0 Å². The molecule has 0 saturated carbocycles. The third-order valence-electron chi connectivity index (χ3n) is 3.64. The van der Waals surface area contributed by atoms with Crippen LogP contribution in [0.4, 0.5) is 11.4 Å². The molecular weight excluding hydrogens is 304 g/mol. The van der Waals surface area contributed by atoms with Gasteiger partial charge in [0.25, 0.3) is 0 Å². The Bertz CT molecular complexity index is 653. The number of rotatable bonds is 6. The molecule has 0 heterocycles. The minimum absolute atomic E-state index is 0.0252. The Balaban J connectivity index is 2.02. The highest BCUT2D eigenvalue weighted by Crippen LogP contribution is 2.28. The topological polar surface area (TPSA) is 55.1 Å². The van der Waals surface area contributed by atoms with Gasteiger partial charge in [0.2, 0.25) is 5.91 Å². The molecule has 4 heteroatoms. The Labute approximate surface area is 142 Å². The first-order valence-electron chi connectivity index (χ1n) is 7.92. The first-order valence-corrected chi connectivity index (χ1v) is 8.80. The van der Waals surface area contributed by atoms with Gasteiger partial charge in [0, 0.05) is 16.3 Å². The average molecular weight is 328 g/mol. The van der Waals surface area contributed by atoms with Crippen molar-refractivity contribution in [2.45, 2.75) is 43.3 Å². The SMILES string of the molecule is CCC(Sc1cccc(N)c1)C(=O)Nc1ccc(C(C)C)cc1. The lowest BCUT2D eigenvalue weighted by atomic mass is 10.0. The summed E-state index contributed by atoms with van der Waals surface area (Å²) in [5.74, 6) is 0.513. The number of benzene rings is 2. The van der Waals surface area contributed by atoms with Gasteiger partial charge in [-0.2, -0.15) is 0 Å². The van der Waals surface area contributed by atoms with E-state index in [4.69, 9.17) is 5.73 Å². The number of anilines is 2. The van der Waals surface area contributed by atoms with Crippen LogP contribution in [0.2, 0.25) is 0 Å². The fraction of sp³-hybridized carbons (Fsp3) is 0.316. The zero-order valence-electron chi connectivity index (χ0n) is 13.9. The standard InChI is InChI=1S/C19H24N2OS/c1-4-18(23-17-7-5-6-15(20)12-17)19(22)21-16-10-8-14(9-11-16)13(2)3/h5-13,18H,4,20H2,1-3H3,(H,21,22). The molecule has 23 heavy (non-hydrogen) atoms. The van der Waals surface area contributed by atoms with Crippen molar-refractivity contribution < 1.29 is 4.79 Å². The van der Waals surface area contributed by atoms with Gasteiger partial charge in [0.05, 0.1) is 5.25 Å². The molecule has 2 aromatic carbocycles. The van der Waals surface area contributed by atoms with Crippen LogP contribution < -0.4 is 11.1 Å². The highest BCUT2D eigenvalue weighted by Gasteiger charge is 2.18. The van der Waals surface area contributed by atoms with Crippen LogP contribution >= 0.6 is 11.8 Å². The van der Waals surface area contributed by atoms with Gasteiger partial charge in [-0.3, -0.25) is 4.79 Å². The minimum atomic E-state index is -0.137. The number of carbonyl (C=O) groups excluding carboxylic acids is 1. The summed E-state index contributed by atoms with van der Waals surface area (Å²) in [7, 11) is 0. The Kier molecular flexibility index (Phi) is 6.11. The van der Waals surface area contributed by atoms with Crippen LogP contribution in [0.25, 0.3) is 0 Å². The molecule has 0 bridgehead atoms. The van der Waals surface area contributed by atoms with Crippen LogP contribution in [-0.2, 0) is 4.79 Å². The van der Waals surface area contributed by atoms with Crippen LogP contribution in [0, 0.1) is 0 Å². The molecule has 0 aliphatic heterocycles. The molecule has 0 saturated heterocycles. The maximum Gasteiger partial charge on any atom is 0.237 e. The van der Waals surface area contributed by atoms with Crippen LogP contribution in [0.15, 0.2) is 53.4 Å². The lowest BCUT2D eigenvalue weighted by Crippen LogP contribution is -2.24. The zero-order valence-corrected chi connectivity index (χ0v) is 14.7. The monoisotopic (exact) mass is 328 g/mol. The molecule has 1 atom stereocenters. The van der Waals surface area contributed by atoms with Gasteiger partial charge in [-0.15, -0.1) is 11.8 Å². The van der Waals surface area contributed by atoms with E-state index >= 15 is 0 Å². The van der Waals surface area contributed by atoms with E-state index in [0.717, 1.165) is 22.7 Å². The number of hydrogen-bond donors (Lipinski definition) is 2. The van der Waals surface area contributed by atoms with Crippen LogP contribution in [-0.4, -0.2) is 11.2 Å². The largest absolute Gasteiger partial charge is 0.399 e. The molecule has 0 spiro atoms. The van der Waals surface area contributed by atoms with Gasteiger partial charge in [0.1, 0.15) is 0 Å². The van der Waals surface area contributed by atoms with E-state index in [1.807, 2.05) is 43.3 Å². The second-order valence-corrected chi connectivity index (χ2v) is 7.13. The second kappa shape index (κ2) is 8.06. The summed E-state index contributed by atoms with van der Waals surface area (Å²) >= 11 is 1.55. The number of amides is 1. The van der Waals surface area contributed by atoms with Crippen molar-refractivity contribution in [3.8, 4) is 0 Å². The first kappa shape index (κ1) is 17.4. The highest BCUT2D eigenvalue weighted by molar-refractivity contribution is 8.00. The van der Waals surface area contributed by atoms with Gasteiger partial charge in [-0.25, -0.2) is 0 Å². The smallest absolute Gasteiger partial charge is 0.237 e. The third kappa shape index (κ3) is 5.03. The molecule has 2 aromatic rings. The molecular formula is C19H24N2OS. The zero-order chi connectivity index (χ0) is 16.8. The van der Waals surface area contributed by atoms with Gasteiger partial charge in [-0.1, -0.05) is 39.0 Å². The lowest BCUT2D eigenvalue weighted by molar-refractivity contribution is -0.115. The maximum absolute atomic E-state index is 12.5. The average Bonchev–Trinajstić information content (AvgIpc) is 2.53. The van der Waals surface area contributed by atoms with Gasteiger partial charge < -0.3 is 11.1 Å². The molecule has 1 unspecified atom stereocenters. The van der Waals surface area contributed by atoms with Crippen molar-refractivity contribution >= 4 is 29.0 Å². The summed E-state index contributed by atoms with van der Waals surface area (Å²) in [6, 6.07) is 15.7. The van der Waals surface area contributed by atoms with Crippen molar-refractivity contribution in [1.29, 1.82) is 0 Å². The van der Waals surface area contributed by atoms with E-state index in [1.54, 1.807) is 11.8 Å². The Morgan fingerprint density at radius 2 is 1.87 bits per heavy atom. The Hall–Kier alpha value is -1.94. The van der Waals surface area contributed by atoms with Crippen molar-refractivity contribution in [3.05, 3.63) is 54.1 Å². The highest BCUT2D eigenvalue weighted by atomic mass is 32.2. The molecule has 0 radical (unpaired) electrons. The summed E-state index contributed by atoms with van der Waals surface area (Å²) < 4.78 is 0. The number of carbonyl (C=O) groups is 1. The summed E-state index contributed by atoms with van der Waals surface area (Å²) in [6.45, 7) is 6.33. The number of nitrogens with two attached hydrogens (primary N) is 1. The van der Waals surface area contributed by atoms with E-state index in [1.165, 1.54) is 5.56 Å². The maximum atomic E-state index is 12.5. The number of nitrogens with one attached hydrogen (secondary N) is 1. The molecule has 3 nitrogen and oxygen atoms in total. The quantitative estimate of drug-likeness (QED) is 0.585. The molecule has 2 rings (SSSR count). The molecule has 0 aromatic heterocycles. The molecule has 0 aliphatic rings. The number of thioether (sulfide) groups is 1. The molecule has 3 N–H and O–H groups in total. The van der Waals surface area contributed by atoms with E-state index in [9.17, 15) is 4.79 Å².